The van der Waals surface area contributed by atoms with Crippen molar-refractivity contribution in [3.63, 3.8) is 0 Å². The third kappa shape index (κ3) is 4.22. The Kier molecular flexibility index (Phi) is 5.12. The van der Waals surface area contributed by atoms with Gasteiger partial charge in [0.25, 0.3) is 0 Å². The molecule has 3 heteroatoms. The summed E-state index contributed by atoms with van der Waals surface area (Å²) in [6.45, 7) is 1.87. The van der Waals surface area contributed by atoms with Gasteiger partial charge in [-0.1, -0.05) is 6.07 Å². The number of aryl methyl sites for hydroxylation is 1. The minimum Gasteiger partial charge on any atom is -0.393 e. The molecule has 0 radical (unpaired) electrons. The maximum absolute atomic E-state index is 12.8. The van der Waals surface area contributed by atoms with Crippen molar-refractivity contribution in [2.45, 2.75) is 25.9 Å². The average Bonchev–Trinajstić information content (AvgIpc) is 2.19. The molecular weight excluding hydrogens is 211 g/mol. The highest BCUT2D eigenvalue weighted by Crippen LogP contribution is 2.14. The molecule has 1 unspecified atom stereocenters. The SMILES string of the molecule is CSCCC(O)Cc1ccc(F)cc1C. The molecule has 1 aromatic carbocycles. The molecule has 0 heterocycles. The maximum Gasteiger partial charge on any atom is 0.123 e. The fourth-order valence-electron chi connectivity index (χ4n) is 1.50. The summed E-state index contributed by atoms with van der Waals surface area (Å²) in [7, 11) is 0. The van der Waals surface area contributed by atoms with Crippen molar-refractivity contribution in [1.82, 2.24) is 0 Å². The van der Waals surface area contributed by atoms with Gasteiger partial charge in [0.05, 0.1) is 6.10 Å². The molecule has 0 aliphatic carbocycles. The first-order valence-electron chi connectivity index (χ1n) is 5.05. The van der Waals surface area contributed by atoms with Crippen LogP contribution in [0.15, 0.2) is 18.2 Å². The molecule has 0 spiro atoms. The second-order valence-electron chi connectivity index (χ2n) is 3.71. The fraction of sp³-hybridized carbons (Fsp3) is 0.500. The van der Waals surface area contributed by atoms with Crippen LogP contribution in [0.4, 0.5) is 4.39 Å². The first-order chi connectivity index (χ1) is 7.13. The van der Waals surface area contributed by atoms with Gasteiger partial charge in [-0.3, -0.25) is 0 Å². The van der Waals surface area contributed by atoms with Gasteiger partial charge in [0.1, 0.15) is 5.82 Å². The lowest BCUT2D eigenvalue weighted by molar-refractivity contribution is 0.172. The van der Waals surface area contributed by atoms with Crippen LogP contribution < -0.4 is 0 Å². The summed E-state index contributed by atoms with van der Waals surface area (Å²) in [5.74, 6) is 0.747. The molecule has 0 aliphatic heterocycles. The molecule has 1 rings (SSSR count). The summed E-state index contributed by atoms with van der Waals surface area (Å²) in [5, 5.41) is 9.72. The molecule has 1 aromatic rings. The minimum atomic E-state index is -0.318. The standard InChI is InChI=1S/C12H17FOS/c1-9-7-11(13)4-3-10(9)8-12(14)5-6-15-2/h3-4,7,12,14H,5-6,8H2,1-2H3. The lowest BCUT2D eigenvalue weighted by atomic mass is 10.0. The molecular formula is C12H17FOS. The molecule has 0 saturated heterocycles. The molecule has 0 saturated carbocycles. The smallest absolute Gasteiger partial charge is 0.123 e. The quantitative estimate of drug-likeness (QED) is 0.836. The number of halogens is 1. The Hall–Kier alpha value is -0.540. The van der Waals surface area contributed by atoms with Gasteiger partial charge in [-0.05, 0) is 55.0 Å². The van der Waals surface area contributed by atoms with Gasteiger partial charge >= 0.3 is 0 Å². The second-order valence-corrected chi connectivity index (χ2v) is 4.70. The zero-order valence-corrected chi connectivity index (χ0v) is 9.98. The predicted molar refractivity (Wildman–Crippen MR) is 63.8 cm³/mol. The molecule has 15 heavy (non-hydrogen) atoms. The highest BCUT2D eigenvalue weighted by Gasteiger charge is 2.07. The van der Waals surface area contributed by atoms with E-state index in [0.717, 1.165) is 23.3 Å². The van der Waals surface area contributed by atoms with Gasteiger partial charge in [-0.25, -0.2) is 4.39 Å². The highest BCUT2D eigenvalue weighted by atomic mass is 32.2. The van der Waals surface area contributed by atoms with Gasteiger partial charge in [0, 0.05) is 0 Å². The molecule has 84 valence electrons. The van der Waals surface area contributed by atoms with E-state index in [0.29, 0.717) is 6.42 Å². The molecule has 0 aromatic heterocycles. The van der Waals surface area contributed by atoms with Crippen LogP contribution in [0.3, 0.4) is 0 Å². The van der Waals surface area contributed by atoms with Gasteiger partial charge in [0.15, 0.2) is 0 Å². The summed E-state index contributed by atoms with van der Waals surface area (Å²) >= 11 is 1.73. The van der Waals surface area contributed by atoms with Crippen molar-refractivity contribution in [3.05, 3.63) is 35.1 Å². The minimum absolute atomic E-state index is 0.213. The number of hydrogen-bond donors (Lipinski definition) is 1. The van der Waals surface area contributed by atoms with E-state index in [1.54, 1.807) is 17.8 Å². The Morgan fingerprint density at radius 3 is 2.80 bits per heavy atom. The van der Waals surface area contributed by atoms with E-state index in [1.807, 2.05) is 13.2 Å². The Labute approximate surface area is 94.7 Å². The third-order valence-corrected chi connectivity index (χ3v) is 3.06. The first kappa shape index (κ1) is 12.5. The van der Waals surface area contributed by atoms with Crippen LogP contribution in [-0.4, -0.2) is 23.2 Å². The van der Waals surface area contributed by atoms with Crippen LogP contribution in [0.2, 0.25) is 0 Å². The number of aliphatic hydroxyl groups is 1. The summed E-state index contributed by atoms with van der Waals surface area (Å²) in [6.07, 6.45) is 3.11. The van der Waals surface area contributed by atoms with Crippen LogP contribution in [-0.2, 0) is 6.42 Å². The van der Waals surface area contributed by atoms with Crippen LogP contribution in [0.25, 0.3) is 0 Å². The summed E-state index contributed by atoms with van der Waals surface area (Å²) in [6, 6.07) is 4.72. The van der Waals surface area contributed by atoms with Crippen molar-refractivity contribution in [2.24, 2.45) is 0 Å². The van der Waals surface area contributed by atoms with Gasteiger partial charge in [-0.15, -0.1) is 0 Å². The molecule has 0 bridgehead atoms. The van der Waals surface area contributed by atoms with Crippen LogP contribution in [0.5, 0.6) is 0 Å². The van der Waals surface area contributed by atoms with Crippen LogP contribution >= 0.6 is 11.8 Å². The number of benzene rings is 1. The van der Waals surface area contributed by atoms with Crippen molar-refractivity contribution >= 4 is 11.8 Å². The number of aliphatic hydroxyl groups excluding tert-OH is 1. The fourth-order valence-corrected chi connectivity index (χ4v) is 2.01. The summed E-state index contributed by atoms with van der Waals surface area (Å²) < 4.78 is 12.8. The Morgan fingerprint density at radius 2 is 2.20 bits per heavy atom. The topological polar surface area (TPSA) is 20.2 Å². The zero-order chi connectivity index (χ0) is 11.3. The largest absolute Gasteiger partial charge is 0.393 e. The van der Waals surface area contributed by atoms with Crippen LogP contribution in [0.1, 0.15) is 17.5 Å². The Balaban J connectivity index is 2.56. The van der Waals surface area contributed by atoms with E-state index in [4.69, 9.17) is 0 Å². The number of thioether (sulfide) groups is 1. The second kappa shape index (κ2) is 6.13. The summed E-state index contributed by atoms with van der Waals surface area (Å²) in [4.78, 5) is 0. The van der Waals surface area contributed by atoms with Crippen molar-refractivity contribution < 1.29 is 9.50 Å². The molecule has 0 fully saturated rings. The Morgan fingerprint density at radius 1 is 1.47 bits per heavy atom. The van der Waals surface area contributed by atoms with E-state index in [-0.39, 0.29) is 11.9 Å². The van der Waals surface area contributed by atoms with E-state index in [2.05, 4.69) is 0 Å². The summed E-state index contributed by atoms with van der Waals surface area (Å²) in [5.41, 5.74) is 1.95. The normalized spacial score (nSPS) is 12.8. The van der Waals surface area contributed by atoms with E-state index < -0.39 is 0 Å². The van der Waals surface area contributed by atoms with Crippen LogP contribution in [0, 0.1) is 12.7 Å². The zero-order valence-electron chi connectivity index (χ0n) is 9.16. The predicted octanol–water partition coefficient (Wildman–Crippen LogP) is 2.79. The van der Waals surface area contributed by atoms with E-state index in [1.165, 1.54) is 12.1 Å². The van der Waals surface area contributed by atoms with Crippen molar-refractivity contribution in [1.29, 1.82) is 0 Å². The van der Waals surface area contributed by atoms with E-state index in [9.17, 15) is 9.50 Å². The first-order valence-corrected chi connectivity index (χ1v) is 6.45. The van der Waals surface area contributed by atoms with Gasteiger partial charge in [-0.2, -0.15) is 11.8 Å². The van der Waals surface area contributed by atoms with E-state index >= 15 is 0 Å². The Bertz CT molecular complexity index is 314. The molecule has 0 amide bonds. The van der Waals surface area contributed by atoms with Crippen molar-refractivity contribution in [3.8, 4) is 0 Å². The molecule has 1 atom stereocenters. The maximum atomic E-state index is 12.8. The lowest BCUT2D eigenvalue weighted by Gasteiger charge is -2.11. The van der Waals surface area contributed by atoms with Gasteiger partial charge in [0.2, 0.25) is 0 Å². The monoisotopic (exact) mass is 228 g/mol. The number of rotatable bonds is 5. The molecule has 1 nitrogen and oxygen atoms in total. The van der Waals surface area contributed by atoms with Crippen molar-refractivity contribution in [2.75, 3.05) is 12.0 Å². The number of hydrogen-bond acceptors (Lipinski definition) is 2. The molecule has 0 aliphatic rings. The third-order valence-electron chi connectivity index (χ3n) is 2.42. The molecule has 1 N–H and O–H groups in total. The lowest BCUT2D eigenvalue weighted by Crippen LogP contribution is -2.12. The average molecular weight is 228 g/mol. The highest BCUT2D eigenvalue weighted by molar-refractivity contribution is 7.98. The van der Waals surface area contributed by atoms with Gasteiger partial charge < -0.3 is 5.11 Å².